The van der Waals surface area contributed by atoms with Crippen LogP contribution in [0.5, 0.6) is 0 Å². The number of amides is 2. The maximum Gasteiger partial charge on any atom is 0.314 e. The molecule has 0 saturated carbocycles. The van der Waals surface area contributed by atoms with E-state index in [4.69, 9.17) is 0 Å². The van der Waals surface area contributed by atoms with Crippen molar-refractivity contribution in [2.24, 2.45) is 0 Å². The fourth-order valence-electron chi connectivity index (χ4n) is 3.01. The van der Waals surface area contributed by atoms with Crippen LogP contribution in [0.25, 0.3) is 0 Å². The first-order chi connectivity index (χ1) is 12.1. The average molecular weight is 337 g/mol. The van der Waals surface area contributed by atoms with Crippen molar-refractivity contribution in [2.75, 3.05) is 28.6 Å². The predicted octanol–water partition coefficient (Wildman–Crippen LogP) is 3.56. The Morgan fingerprint density at radius 3 is 2.12 bits per heavy atom. The van der Waals surface area contributed by atoms with Gasteiger partial charge in [0.1, 0.15) is 0 Å². The fraction of sp³-hybridized carbons (Fsp3) is 0.300. The summed E-state index contributed by atoms with van der Waals surface area (Å²) in [6.45, 7) is 4.08. The molecule has 25 heavy (non-hydrogen) atoms. The summed E-state index contributed by atoms with van der Waals surface area (Å²) in [6, 6.07) is 15.0. The van der Waals surface area contributed by atoms with E-state index in [9.17, 15) is 9.59 Å². The lowest BCUT2D eigenvalue weighted by atomic mass is 10.1. The minimum Gasteiger partial charge on any atom is -0.372 e. The summed E-state index contributed by atoms with van der Waals surface area (Å²) in [5.74, 6) is -1.35. The second-order valence-corrected chi connectivity index (χ2v) is 6.37. The first-order valence-corrected chi connectivity index (χ1v) is 8.66. The minimum absolute atomic E-state index is 0.612. The molecular weight excluding hydrogens is 314 g/mol. The summed E-state index contributed by atoms with van der Waals surface area (Å²) in [5.41, 5.74) is 3.40. The van der Waals surface area contributed by atoms with Crippen molar-refractivity contribution in [3.8, 4) is 0 Å². The first-order valence-electron chi connectivity index (χ1n) is 8.66. The monoisotopic (exact) mass is 337 g/mol. The van der Waals surface area contributed by atoms with Crippen LogP contribution >= 0.6 is 0 Å². The van der Waals surface area contributed by atoms with Crippen molar-refractivity contribution >= 4 is 28.9 Å². The number of hydrogen-bond acceptors (Lipinski definition) is 3. The summed E-state index contributed by atoms with van der Waals surface area (Å²) in [4.78, 5) is 26.4. The molecule has 0 atom stereocenters. The van der Waals surface area contributed by atoms with Crippen LogP contribution in [0, 0.1) is 6.92 Å². The normalized spacial score (nSPS) is 14.0. The maximum absolute atomic E-state index is 12.1. The molecule has 2 aromatic carbocycles. The molecule has 2 amide bonds. The molecule has 2 aromatic rings. The summed E-state index contributed by atoms with van der Waals surface area (Å²) in [7, 11) is 0. The van der Waals surface area contributed by atoms with Crippen LogP contribution in [0.2, 0.25) is 0 Å². The number of aryl methyl sites for hydroxylation is 1. The van der Waals surface area contributed by atoms with Crippen LogP contribution in [0.15, 0.2) is 48.5 Å². The van der Waals surface area contributed by atoms with E-state index in [0.29, 0.717) is 11.4 Å². The number of rotatable bonds is 3. The maximum atomic E-state index is 12.1. The number of piperidine rings is 1. The smallest absolute Gasteiger partial charge is 0.314 e. The molecule has 0 aliphatic carbocycles. The Balaban J connectivity index is 1.57. The van der Waals surface area contributed by atoms with Gasteiger partial charge in [-0.15, -0.1) is 0 Å². The van der Waals surface area contributed by atoms with Gasteiger partial charge >= 0.3 is 11.8 Å². The van der Waals surface area contributed by atoms with E-state index in [-0.39, 0.29) is 0 Å². The number of carbonyl (C=O) groups excluding carboxylic acids is 2. The molecule has 0 radical (unpaired) electrons. The number of carbonyl (C=O) groups is 2. The van der Waals surface area contributed by atoms with Crippen molar-refractivity contribution in [3.05, 3.63) is 54.1 Å². The van der Waals surface area contributed by atoms with Crippen LogP contribution in [0.3, 0.4) is 0 Å². The summed E-state index contributed by atoms with van der Waals surface area (Å²) in [6.07, 6.45) is 3.73. The fourth-order valence-corrected chi connectivity index (χ4v) is 3.01. The van der Waals surface area contributed by atoms with Crippen LogP contribution in [-0.4, -0.2) is 24.9 Å². The molecule has 5 heteroatoms. The highest BCUT2D eigenvalue weighted by molar-refractivity contribution is 6.43. The van der Waals surface area contributed by atoms with E-state index in [2.05, 4.69) is 15.5 Å². The molecule has 130 valence electrons. The Hall–Kier alpha value is -2.82. The van der Waals surface area contributed by atoms with Crippen LogP contribution in [0.4, 0.5) is 17.1 Å². The zero-order valence-corrected chi connectivity index (χ0v) is 14.4. The number of nitrogens with zero attached hydrogens (tertiary/aromatic N) is 1. The van der Waals surface area contributed by atoms with Gasteiger partial charge in [-0.25, -0.2) is 0 Å². The summed E-state index contributed by atoms with van der Waals surface area (Å²) in [5, 5.41) is 5.24. The molecule has 1 fully saturated rings. The molecular formula is C20H23N3O2. The molecule has 5 nitrogen and oxygen atoms in total. The molecule has 1 aliphatic heterocycles. The van der Waals surface area contributed by atoms with E-state index >= 15 is 0 Å². The van der Waals surface area contributed by atoms with Crippen molar-refractivity contribution in [1.29, 1.82) is 0 Å². The van der Waals surface area contributed by atoms with Gasteiger partial charge < -0.3 is 15.5 Å². The molecule has 1 heterocycles. The summed E-state index contributed by atoms with van der Waals surface area (Å²) < 4.78 is 0. The third-order valence-corrected chi connectivity index (χ3v) is 4.33. The zero-order chi connectivity index (χ0) is 17.6. The van der Waals surface area contributed by atoms with Crippen LogP contribution in [0.1, 0.15) is 24.8 Å². The topological polar surface area (TPSA) is 61.4 Å². The zero-order valence-electron chi connectivity index (χ0n) is 14.4. The minimum atomic E-state index is -0.675. The Morgan fingerprint density at radius 2 is 1.48 bits per heavy atom. The summed E-state index contributed by atoms with van der Waals surface area (Å²) >= 11 is 0. The van der Waals surface area contributed by atoms with Crippen molar-refractivity contribution in [3.63, 3.8) is 0 Å². The van der Waals surface area contributed by atoms with Gasteiger partial charge in [-0.05, 0) is 68.1 Å². The van der Waals surface area contributed by atoms with Crippen molar-refractivity contribution < 1.29 is 9.59 Å². The molecule has 0 aromatic heterocycles. The number of benzene rings is 2. The number of hydrogen-bond donors (Lipinski definition) is 2. The molecule has 0 spiro atoms. The van der Waals surface area contributed by atoms with Gasteiger partial charge in [0.2, 0.25) is 0 Å². The van der Waals surface area contributed by atoms with Gasteiger partial charge in [-0.1, -0.05) is 12.1 Å². The lowest BCUT2D eigenvalue weighted by Gasteiger charge is -2.28. The third-order valence-electron chi connectivity index (χ3n) is 4.33. The highest BCUT2D eigenvalue weighted by Crippen LogP contribution is 2.21. The van der Waals surface area contributed by atoms with E-state index in [1.165, 1.54) is 19.3 Å². The highest BCUT2D eigenvalue weighted by atomic mass is 16.2. The molecule has 3 rings (SSSR count). The van der Waals surface area contributed by atoms with Crippen molar-refractivity contribution in [1.82, 2.24) is 0 Å². The van der Waals surface area contributed by atoms with Gasteiger partial charge in [0.05, 0.1) is 0 Å². The van der Waals surface area contributed by atoms with E-state index < -0.39 is 11.8 Å². The van der Waals surface area contributed by atoms with Crippen molar-refractivity contribution in [2.45, 2.75) is 26.2 Å². The SMILES string of the molecule is Cc1cccc(NC(=O)C(=O)Nc2ccc(N3CCCCC3)cc2)c1. The average Bonchev–Trinajstić information content (AvgIpc) is 2.63. The van der Waals surface area contributed by atoms with E-state index in [1.807, 2.05) is 49.4 Å². The molecule has 0 bridgehead atoms. The Morgan fingerprint density at radius 1 is 0.840 bits per heavy atom. The quantitative estimate of drug-likeness (QED) is 0.842. The molecule has 2 N–H and O–H groups in total. The van der Waals surface area contributed by atoms with E-state index in [0.717, 1.165) is 24.3 Å². The number of anilines is 3. The first kappa shape index (κ1) is 17.0. The Labute approximate surface area is 148 Å². The number of nitrogens with one attached hydrogen (secondary N) is 2. The standard InChI is InChI=1S/C20H23N3O2/c1-15-6-5-7-17(14-15)22-20(25)19(24)21-16-8-10-18(11-9-16)23-12-3-2-4-13-23/h5-11,14H,2-4,12-13H2,1H3,(H,21,24)(H,22,25). The van der Waals surface area contributed by atoms with Gasteiger partial charge in [-0.2, -0.15) is 0 Å². The molecule has 1 saturated heterocycles. The Bertz CT molecular complexity index is 750. The molecule has 0 unspecified atom stereocenters. The van der Waals surface area contributed by atoms with Gasteiger partial charge in [0.15, 0.2) is 0 Å². The van der Waals surface area contributed by atoms with Gasteiger partial charge in [0, 0.05) is 30.2 Å². The largest absolute Gasteiger partial charge is 0.372 e. The van der Waals surface area contributed by atoms with Crippen LogP contribution < -0.4 is 15.5 Å². The van der Waals surface area contributed by atoms with Crippen LogP contribution in [-0.2, 0) is 9.59 Å². The van der Waals surface area contributed by atoms with E-state index in [1.54, 1.807) is 6.07 Å². The third kappa shape index (κ3) is 4.59. The predicted molar refractivity (Wildman–Crippen MR) is 101 cm³/mol. The van der Waals surface area contributed by atoms with Gasteiger partial charge in [0.25, 0.3) is 0 Å². The lowest BCUT2D eigenvalue weighted by molar-refractivity contribution is -0.132. The Kier molecular flexibility index (Phi) is 5.33. The second-order valence-electron chi connectivity index (χ2n) is 6.37. The lowest BCUT2D eigenvalue weighted by Crippen LogP contribution is -2.30. The molecule has 1 aliphatic rings. The second kappa shape index (κ2) is 7.83. The highest BCUT2D eigenvalue weighted by Gasteiger charge is 2.15. The van der Waals surface area contributed by atoms with Gasteiger partial charge in [-0.3, -0.25) is 9.59 Å².